The molecule has 1 aliphatic rings. The fourth-order valence-electron chi connectivity index (χ4n) is 6.92. The van der Waals surface area contributed by atoms with Gasteiger partial charge in [-0.1, -0.05) is 60.7 Å². The van der Waals surface area contributed by atoms with Crippen molar-refractivity contribution in [3.63, 3.8) is 0 Å². The minimum absolute atomic E-state index is 0.0184. The van der Waals surface area contributed by atoms with Crippen LogP contribution in [-0.2, 0) is 64.0 Å². The van der Waals surface area contributed by atoms with Gasteiger partial charge in [0.1, 0.15) is 30.2 Å². The van der Waals surface area contributed by atoms with E-state index >= 15 is 0 Å². The van der Waals surface area contributed by atoms with E-state index in [-0.39, 0.29) is 38.6 Å². The second kappa shape index (κ2) is 22.3. The third-order valence-electron chi connectivity index (χ3n) is 10.1. The van der Waals surface area contributed by atoms with E-state index in [0.29, 0.717) is 28.9 Å². The molecule has 0 radical (unpaired) electrons. The number of aromatic nitrogens is 4. The first-order valence-electron chi connectivity index (χ1n) is 19.8. The van der Waals surface area contributed by atoms with Gasteiger partial charge in [0, 0.05) is 56.0 Å². The number of nitrogens with one attached hydrogen (secondary N) is 7. The van der Waals surface area contributed by atoms with Crippen molar-refractivity contribution in [2.45, 2.75) is 81.2 Å². The van der Waals surface area contributed by atoms with Gasteiger partial charge in [0.2, 0.25) is 41.4 Å². The summed E-state index contributed by atoms with van der Waals surface area (Å²) in [4.78, 5) is 120. The van der Waals surface area contributed by atoms with E-state index in [0.717, 1.165) is 0 Å². The van der Waals surface area contributed by atoms with Crippen LogP contribution < -0.4 is 38.1 Å². The number of nitrogens with zero attached hydrogens (tertiary/aromatic N) is 3. The molecule has 7 amide bonds. The third-order valence-corrected chi connectivity index (χ3v) is 10.1. The van der Waals surface area contributed by atoms with Gasteiger partial charge in [-0.25, -0.2) is 14.8 Å². The average molecular weight is 855 g/mol. The molecule has 21 nitrogen and oxygen atoms in total. The molecular formula is C41H50N12O9. The summed E-state index contributed by atoms with van der Waals surface area (Å²) in [5.41, 5.74) is 14.0. The Morgan fingerprint density at radius 3 is 1.82 bits per heavy atom. The Morgan fingerprint density at radius 1 is 0.710 bits per heavy atom. The first-order valence-corrected chi connectivity index (χ1v) is 19.8. The monoisotopic (exact) mass is 854 g/mol. The summed E-state index contributed by atoms with van der Waals surface area (Å²) in [5.74, 6) is -6.80. The maximum Gasteiger partial charge on any atom is 0.326 e. The summed E-state index contributed by atoms with van der Waals surface area (Å²) in [6.07, 6.45) is 5.68. The first kappa shape index (κ1) is 45.7. The minimum atomic E-state index is -1.53. The largest absolute Gasteiger partial charge is 0.480 e. The summed E-state index contributed by atoms with van der Waals surface area (Å²) in [5, 5.41) is 22.6. The predicted molar refractivity (Wildman–Crippen MR) is 220 cm³/mol. The number of aromatic amines is 2. The number of aliphatic carboxylic acids is 1. The molecular weight excluding hydrogens is 805 g/mol. The minimum Gasteiger partial charge on any atom is -0.480 e. The zero-order valence-corrected chi connectivity index (χ0v) is 33.6. The van der Waals surface area contributed by atoms with Crippen molar-refractivity contribution < 1.29 is 43.5 Å². The Kier molecular flexibility index (Phi) is 16.4. The summed E-state index contributed by atoms with van der Waals surface area (Å²) in [6, 6.07) is 10.0. The molecule has 2 aromatic heterocycles. The lowest BCUT2D eigenvalue weighted by Gasteiger charge is -2.30. The fourth-order valence-corrected chi connectivity index (χ4v) is 6.92. The van der Waals surface area contributed by atoms with Crippen molar-refractivity contribution in [3.8, 4) is 0 Å². The second-order valence-corrected chi connectivity index (χ2v) is 14.8. The Balaban J connectivity index is 1.23. The zero-order chi connectivity index (χ0) is 44.6. The summed E-state index contributed by atoms with van der Waals surface area (Å²) in [6.45, 7) is -0.608. The highest BCUT2D eigenvalue weighted by Crippen LogP contribution is 2.20. The maximum atomic E-state index is 14.0. The van der Waals surface area contributed by atoms with Gasteiger partial charge in [-0.15, -0.1) is 0 Å². The van der Waals surface area contributed by atoms with Crippen LogP contribution in [0.1, 0.15) is 41.8 Å². The third kappa shape index (κ3) is 13.6. The molecule has 6 atom stereocenters. The molecule has 1 aliphatic heterocycles. The number of H-pyrrole nitrogens is 2. The molecule has 4 aromatic rings. The standard InChI is InChI=1S/C41H50N12O9/c42-28(16-26-19-44-22-47-26)36(56)50-29(14-24-8-3-1-4-9-24)37(57)46-21-35(55)49-31(18-34(43)54)40(60)53-13-7-12-33(53)39(59)51-30(15-25-10-5-2-6-11-25)38(58)52-32(41(61)62)17-27-20-45-23-48-27/h1-6,8-11,19-20,22-23,28-33H,7,12-18,21,42H2,(H2,43,54)(H,44,47)(H,45,48)(H,46,57)(H,49,55)(H,50,56)(H,51,59)(H,52,58)(H,61,62)/t28-,29-,30-,31-,32-,33-/m0/s1. The van der Waals surface area contributed by atoms with Crippen LogP contribution in [0.25, 0.3) is 0 Å². The number of carbonyl (C=O) groups excluding carboxylic acids is 7. The van der Waals surface area contributed by atoms with Gasteiger partial charge in [-0.05, 0) is 24.0 Å². The molecule has 1 saturated heterocycles. The first-order chi connectivity index (χ1) is 29.8. The van der Waals surface area contributed by atoms with Gasteiger partial charge >= 0.3 is 5.97 Å². The lowest BCUT2D eigenvalue weighted by atomic mass is 10.0. The van der Waals surface area contributed by atoms with Crippen LogP contribution in [0.4, 0.5) is 0 Å². The molecule has 0 bridgehead atoms. The van der Waals surface area contributed by atoms with Gasteiger partial charge in [0.15, 0.2) is 0 Å². The second-order valence-electron chi connectivity index (χ2n) is 14.8. The summed E-state index contributed by atoms with van der Waals surface area (Å²) < 4.78 is 0. The van der Waals surface area contributed by atoms with Crippen molar-refractivity contribution in [3.05, 3.63) is 108 Å². The Morgan fingerprint density at radius 2 is 1.27 bits per heavy atom. The van der Waals surface area contributed by atoms with Crippen molar-refractivity contribution >= 4 is 47.3 Å². The zero-order valence-electron chi connectivity index (χ0n) is 33.6. The van der Waals surface area contributed by atoms with Crippen LogP contribution in [-0.4, -0.2) is 127 Å². The van der Waals surface area contributed by atoms with E-state index in [1.54, 1.807) is 60.7 Å². The number of likely N-dealkylation sites (tertiary alicyclic amines) is 1. The lowest BCUT2D eigenvalue weighted by molar-refractivity contribution is -0.144. The number of hydrogen-bond acceptors (Lipinski definition) is 11. The van der Waals surface area contributed by atoms with Crippen LogP contribution in [0.3, 0.4) is 0 Å². The number of carbonyl (C=O) groups is 8. The smallest absolute Gasteiger partial charge is 0.326 e. The average Bonchev–Trinajstić information content (AvgIpc) is 4.07. The molecule has 62 heavy (non-hydrogen) atoms. The van der Waals surface area contributed by atoms with Gasteiger partial charge in [-0.3, -0.25) is 33.6 Å². The molecule has 0 saturated carbocycles. The Hall–Kier alpha value is -7.42. The van der Waals surface area contributed by atoms with E-state index in [1.165, 1.54) is 29.9 Å². The lowest BCUT2D eigenvalue weighted by Crippen LogP contribution is -2.58. The van der Waals surface area contributed by atoms with Crippen molar-refractivity contribution in [1.29, 1.82) is 0 Å². The number of imidazole rings is 2. The molecule has 1 fully saturated rings. The SMILES string of the molecule is NC(=O)C[C@H](NC(=O)CNC(=O)[C@H](Cc1ccccc1)NC(=O)[C@@H](N)Cc1cnc[nH]1)C(=O)N1CCC[C@H]1C(=O)N[C@@H](Cc1ccccc1)C(=O)N[C@@H](Cc1cnc[nH]1)C(=O)O. The Labute approximate surface area is 355 Å². The molecule has 0 aliphatic carbocycles. The highest BCUT2D eigenvalue weighted by molar-refractivity contribution is 5.98. The predicted octanol–water partition coefficient (Wildman–Crippen LogP) is -2.26. The van der Waals surface area contributed by atoms with Crippen LogP contribution in [0.5, 0.6) is 0 Å². The number of carboxylic acids is 1. The van der Waals surface area contributed by atoms with Gasteiger partial charge in [0.25, 0.3) is 0 Å². The summed E-state index contributed by atoms with van der Waals surface area (Å²) in [7, 11) is 0. The highest BCUT2D eigenvalue weighted by atomic mass is 16.4. The van der Waals surface area contributed by atoms with E-state index in [1.807, 2.05) is 0 Å². The van der Waals surface area contributed by atoms with Crippen LogP contribution in [0.2, 0.25) is 0 Å². The van der Waals surface area contributed by atoms with Crippen LogP contribution in [0, 0.1) is 0 Å². The van der Waals surface area contributed by atoms with Crippen molar-refractivity contribution in [2.24, 2.45) is 11.5 Å². The Bertz CT molecular complexity index is 2150. The molecule has 3 heterocycles. The number of hydrogen-bond donors (Lipinski definition) is 10. The molecule has 5 rings (SSSR count). The summed E-state index contributed by atoms with van der Waals surface area (Å²) >= 11 is 0. The maximum absolute atomic E-state index is 14.0. The fraction of sp³-hybridized carbons (Fsp3) is 0.366. The van der Waals surface area contributed by atoms with Gasteiger partial charge in [-0.2, -0.15) is 0 Å². The molecule has 0 unspecified atom stereocenters. The molecule has 12 N–H and O–H groups in total. The number of carboxylic acid groups (broad SMARTS) is 1. The van der Waals surface area contributed by atoms with E-state index < -0.39 is 96.5 Å². The van der Waals surface area contributed by atoms with E-state index in [2.05, 4.69) is 46.5 Å². The topological polar surface area (TPSA) is 330 Å². The molecule has 2 aromatic carbocycles. The molecule has 21 heteroatoms. The molecule has 0 spiro atoms. The number of amides is 7. The van der Waals surface area contributed by atoms with Gasteiger partial charge in [0.05, 0.1) is 31.7 Å². The number of rotatable bonds is 22. The number of nitrogens with two attached hydrogens (primary N) is 2. The number of primary amides is 1. The number of benzene rings is 2. The van der Waals surface area contributed by atoms with Gasteiger partial charge < -0.3 is 58.0 Å². The highest BCUT2D eigenvalue weighted by Gasteiger charge is 2.40. The van der Waals surface area contributed by atoms with Crippen LogP contribution in [0.15, 0.2) is 85.7 Å². The normalized spacial score (nSPS) is 15.8. The van der Waals surface area contributed by atoms with Crippen LogP contribution >= 0.6 is 0 Å². The molecule has 328 valence electrons. The van der Waals surface area contributed by atoms with Crippen molar-refractivity contribution in [1.82, 2.24) is 51.4 Å². The van der Waals surface area contributed by atoms with Crippen molar-refractivity contribution in [2.75, 3.05) is 13.1 Å². The van der Waals surface area contributed by atoms with E-state index in [4.69, 9.17) is 11.5 Å². The van der Waals surface area contributed by atoms with E-state index in [9.17, 15) is 43.5 Å². The quantitative estimate of drug-likeness (QED) is 0.0401.